The molecule has 0 saturated carbocycles. The molecule has 5 aromatic rings. The van der Waals surface area contributed by atoms with E-state index < -0.39 is 0 Å². The molecule has 0 aliphatic carbocycles. The molecule has 3 heterocycles. The van der Waals surface area contributed by atoms with E-state index in [2.05, 4.69) is 15.6 Å². The summed E-state index contributed by atoms with van der Waals surface area (Å²) in [7, 11) is 1.63. The predicted octanol–water partition coefficient (Wildman–Crippen LogP) is 5.35. The van der Waals surface area contributed by atoms with E-state index in [0.29, 0.717) is 22.7 Å². The lowest BCUT2D eigenvalue weighted by molar-refractivity contribution is 0.102. The number of ether oxygens (including phenoxy) is 1. The zero-order chi connectivity index (χ0) is 23.7. The van der Waals surface area contributed by atoms with Crippen LogP contribution >= 0.6 is 11.3 Å². The number of carbonyl (C=O) groups excluding carboxylic acids is 1. The highest BCUT2D eigenvalue weighted by atomic mass is 32.1. The molecule has 170 valence electrons. The van der Waals surface area contributed by atoms with E-state index in [1.54, 1.807) is 31.4 Å². The minimum atomic E-state index is -0.223. The second-order valence-corrected chi connectivity index (χ2v) is 8.46. The lowest BCUT2D eigenvalue weighted by Crippen LogP contribution is -2.13. The molecule has 1 amide bonds. The van der Waals surface area contributed by atoms with Gasteiger partial charge in [0.25, 0.3) is 5.91 Å². The molecule has 5 rings (SSSR count). The summed E-state index contributed by atoms with van der Waals surface area (Å²) in [4.78, 5) is 21.9. The summed E-state index contributed by atoms with van der Waals surface area (Å²) >= 11 is 1.50. The van der Waals surface area contributed by atoms with E-state index in [4.69, 9.17) is 15.5 Å². The van der Waals surface area contributed by atoms with Gasteiger partial charge in [0.05, 0.1) is 29.9 Å². The molecule has 0 atom stereocenters. The Bertz CT molecular complexity index is 1490. The van der Waals surface area contributed by atoms with Gasteiger partial charge >= 0.3 is 0 Å². The molecule has 0 fully saturated rings. The first-order valence-electron chi connectivity index (χ1n) is 10.5. The summed E-state index contributed by atoms with van der Waals surface area (Å²) in [5, 5.41) is 8.86. The topological polar surface area (TPSA) is 107 Å². The summed E-state index contributed by atoms with van der Waals surface area (Å²) in [6.07, 6.45) is 1.95. The Morgan fingerprint density at radius 1 is 1.06 bits per heavy atom. The number of pyridine rings is 1. The number of amides is 1. The van der Waals surface area contributed by atoms with Crippen molar-refractivity contribution >= 4 is 45.1 Å². The average Bonchev–Trinajstić information content (AvgIpc) is 3.43. The number of nitrogens with zero attached hydrogens (tertiary/aromatic N) is 3. The molecule has 0 spiro atoms. The zero-order valence-corrected chi connectivity index (χ0v) is 19.4. The van der Waals surface area contributed by atoms with Crippen molar-refractivity contribution < 1.29 is 9.53 Å². The minimum Gasteiger partial charge on any atom is -0.493 e. The van der Waals surface area contributed by atoms with Crippen LogP contribution < -0.4 is 21.1 Å². The second kappa shape index (κ2) is 8.87. The van der Waals surface area contributed by atoms with E-state index in [1.165, 1.54) is 11.3 Å². The van der Waals surface area contributed by atoms with E-state index in [9.17, 15) is 4.79 Å². The number of hydrogen-bond acceptors (Lipinski definition) is 7. The molecule has 4 N–H and O–H groups in total. The van der Waals surface area contributed by atoms with Crippen molar-refractivity contribution in [3.8, 4) is 17.1 Å². The first-order chi connectivity index (χ1) is 16.5. The zero-order valence-electron chi connectivity index (χ0n) is 18.6. The van der Waals surface area contributed by atoms with Crippen molar-refractivity contribution in [2.75, 3.05) is 23.5 Å². The van der Waals surface area contributed by atoms with Crippen LogP contribution in [-0.2, 0) is 0 Å². The fraction of sp³-hybridized carbons (Fsp3) is 0.0800. The Morgan fingerprint density at radius 3 is 2.62 bits per heavy atom. The van der Waals surface area contributed by atoms with Gasteiger partial charge in [0.15, 0.2) is 16.5 Å². The first-order valence-corrected chi connectivity index (χ1v) is 11.4. The molecule has 0 saturated heterocycles. The lowest BCUT2D eigenvalue weighted by Gasteiger charge is -2.08. The molecule has 8 nitrogen and oxygen atoms in total. The van der Waals surface area contributed by atoms with Crippen LogP contribution in [0.15, 0.2) is 72.2 Å². The largest absolute Gasteiger partial charge is 0.493 e. The van der Waals surface area contributed by atoms with Gasteiger partial charge in [-0.25, -0.2) is 9.97 Å². The molecule has 0 aliphatic heterocycles. The molecule has 0 aliphatic rings. The molecule has 2 aromatic carbocycles. The normalized spacial score (nSPS) is 10.9. The third-order valence-electron chi connectivity index (χ3n) is 5.36. The van der Waals surface area contributed by atoms with E-state index in [0.717, 1.165) is 33.5 Å². The summed E-state index contributed by atoms with van der Waals surface area (Å²) in [6, 6.07) is 18.2. The number of methoxy groups -OCH3 is 1. The van der Waals surface area contributed by atoms with Crippen LogP contribution in [0, 0.1) is 6.92 Å². The van der Waals surface area contributed by atoms with E-state index in [1.807, 2.05) is 59.3 Å². The number of aromatic nitrogens is 3. The van der Waals surface area contributed by atoms with Crippen molar-refractivity contribution in [1.29, 1.82) is 0 Å². The number of nitrogen functional groups attached to an aromatic ring is 1. The number of anilines is 4. The summed E-state index contributed by atoms with van der Waals surface area (Å²) < 4.78 is 7.42. The highest BCUT2D eigenvalue weighted by molar-refractivity contribution is 7.14. The van der Waals surface area contributed by atoms with Crippen LogP contribution in [0.3, 0.4) is 0 Å². The van der Waals surface area contributed by atoms with Gasteiger partial charge in [0, 0.05) is 22.8 Å². The number of hydrogen-bond donors (Lipinski definition) is 3. The summed E-state index contributed by atoms with van der Waals surface area (Å²) in [5.74, 6) is 0.490. The number of thiazole rings is 1. The number of para-hydroxylation sites is 2. The number of carbonyl (C=O) groups is 1. The minimum absolute atomic E-state index is 0.223. The van der Waals surface area contributed by atoms with Crippen molar-refractivity contribution in [1.82, 2.24) is 14.4 Å². The van der Waals surface area contributed by atoms with Crippen LogP contribution in [0.1, 0.15) is 16.1 Å². The first kappa shape index (κ1) is 21.5. The van der Waals surface area contributed by atoms with Gasteiger partial charge in [0.1, 0.15) is 5.69 Å². The molecule has 9 heteroatoms. The fourth-order valence-electron chi connectivity index (χ4n) is 3.70. The molecule has 34 heavy (non-hydrogen) atoms. The van der Waals surface area contributed by atoms with Gasteiger partial charge in [-0.2, -0.15) is 0 Å². The van der Waals surface area contributed by atoms with Crippen LogP contribution in [0.4, 0.5) is 22.2 Å². The highest BCUT2D eigenvalue weighted by Crippen LogP contribution is 2.32. The van der Waals surface area contributed by atoms with Gasteiger partial charge in [-0.3, -0.25) is 9.20 Å². The molecule has 0 bridgehead atoms. The van der Waals surface area contributed by atoms with Crippen molar-refractivity contribution in [2.24, 2.45) is 0 Å². The molecular weight excluding hydrogens is 448 g/mol. The maximum absolute atomic E-state index is 12.5. The second-order valence-electron chi connectivity index (χ2n) is 7.60. The van der Waals surface area contributed by atoms with Gasteiger partial charge in [-0.1, -0.05) is 12.1 Å². The number of fused-ring (bicyclic) bond motifs is 1. The van der Waals surface area contributed by atoms with Gasteiger partial charge < -0.3 is 21.1 Å². The van der Waals surface area contributed by atoms with Gasteiger partial charge in [-0.15, -0.1) is 11.3 Å². The molecule has 0 radical (unpaired) electrons. The number of imidazole rings is 1. The van der Waals surface area contributed by atoms with Crippen molar-refractivity contribution in [3.63, 3.8) is 0 Å². The SMILES string of the molecule is COc1cccn2c(-c3csc(Nc4ccc(C(=O)Nc5ccccc5N)cc4)n3)c(C)nc12. The maximum Gasteiger partial charge on any atom is 0.255 e. The van der Waals surface area contributed by atoms with E-state index in [-0.39, 0.29) is 5.91 Å². The maximum atomic E-state index is 12.5. The third-order valence-corrected chi connectivity index (χ3v) is 6.12. The Morgan fingerprint density at radius 2 is 1.85 bits per heavy atom. The lowest BCUT2D eigenvalue weighted by atomic mass is 10.2. The molecule has 3 aromatic heterocycles. The number of aryl methyl sites for hydroxylation is 1. The smallest absolute Gasteiger partial charge is 0.255 e. The fourth-order valence-corrected chi connectivity index (χ4v) is 4.41. The predicted molar refractivity (Wildman–Crippen MR) is 136 cm³/mol. The quantitative estimate of drug-likeness (QED) is 0.289. The molecule has 0 unspecified atom stereocenters. The van der Waals surface area contributed by atoms with Gasteiger partial charge in [-0.05, 0) is 55.5 Å². The van der Waals surface area contributed by atoms with Crippen LogP contribution in [0.2, 0.25) is 0 Å². The summed E-state index contributed by atoms with van der Waals surface area (Å²) in [6.45, 7) is 1.96. The van der Waals surface area contributed by atoms with Crippen LogP contribution in [0.5, 0.6) is 5.75 Å². The Kier molecular flexibility index (Phi) is 5.60. The summed E-state index contributed by atoms with van der Waals surface area (Å²) in [5.41, 5.74) is 11.7. The number of benzene rings is 2. The van der Waals surface area contributed by atoms with Crippen LogP contribution in [0.25, 0.3) is 17.0 Å². The molecular formula is C25H22N6O2S. The standard InChI is InChI=1S/C25H22N6O2S/c1-15-22(31-13-5-8-21(33-2)23(31)27-15)20-14-34-25(30-20)28-17-11-9-16(10-12-17)24(32)29-19-7-4-3-6-18(19)26/h3-14H,26H2,1-2H3,(H,28,30)(H,29,32). The monoisotopic (exact) mass is 470 g/mol. The number of nitrogens with two attached hydrogens (primary N) is 1. The average molecular weight is 471 g/mol. The highest BCUT2D eigenvalue weighted by Gasteiger charge is 2.16. The van der Waals surface area contributed by atoms with Crippen molar-refractivity contribution in [2.45, 2.75) is 6.92 Å². The third kappa shape index (κ3) is 4.04. The number of rotatable bonds is 6. The van der Waals surface area contributed by atoms with Crippen molar-refractivity contribution in [3.05, 3.63) is 83.5 Å². The van der Waals surface area contributed by atoms with Gasteiger partial charge in [0.2, 0.25) is 0 Å². The number of nitrogens with one attached hydrogen (secondary N) is 2. The Balaban J connectivity index is 1.33. The van der Waals surface area contributed by atoms with E-state index >= 15 is 0 Å². The Hall–Kier alpha value is -4.37. The Labute approximate surface area is 200 Å². The van der Waals surface area contributed by atoms with Crippen LogP contribution in [-0.4, -0.2) is 27.4 Å².